The summed E-state index contributed by atoms with van der Waals surface area (Å²) in [6.07, 6.45) is -3.30. The molecule has 0 radical (unpaired) electrons. The van der Waals surface area contributed by atoms with Crippen LogP contribution < -0.4 is 10.4 Å². The first-order chi connectivity index (χ1) is 14.2. The molecule has 8 heteroatoms. The fourth-order valence-electron chi connectivity index (χ4n) is 3.01. The molecule has 0 aliphatic carbocycles. The van der Waals surface area contributed by atoms with Crippen LogP contribution in [0, 0.1) is 6.92 Å². The molecule has 2 amide bonds. The first-order valence-electron chi connectivity index (χ1n) is 8.94. The maximum absolute atomic E-state index is 12.9. The molecule has 1 fully saturated rings. The van der Waals surface area contributed by atoms with E-state index in [4.69, 9.17) is 4.42 Å². The summed E-state index contributed by atoms with van der Waals surface area (Å²) < 4.78 is 44.5. The van der Waals surface area contributed by atoms with E-state index in [1.807, 2.05) is 31.2 Å². The molecule has 1 aromatic heterocycles. The van der Waals surface area contributed by atoms with Crippen LogP contribution in [0.3, 0.4) is 0 Å². The summed E-state index contributed by atoms with van der Waals surface area (Å²) in [6, 6.07) is 15.1. The number of rotatable bonds is 3. The lowest BCUT2D eigenvalue weighted by Crippen LogP contribution is -2.35. The van der Waals surface area contributed by atoms with Gasteiger partial charge in [0.05, 0.1) is 11.3 Å². The lowest BCUT2D eigenvalue weighted by Gasteiger charge is -2.16. The number of benzene rings is 2. The van der Waals surface area contributed by atoms with Gasteiger partial charge < -0.3 is 4.42 Å². The lowest BCUT2D eigenvalue weighted by atomic mass is 10.1. The van der Waals surface area contributed by atoms with Crippen molar-refractivity contribution < 1.29 is 27.2 Å². The van der Waals surface area contributed by atoms with Gasteiger partial charge in [-0.3, -0.25) is 15.0 Å². The van der Waals surface area contributed by atoms with Crippen LogP contribution in [0.15, 0.2) is 70.7 Å². The number of nitrogens with zero attached hydrogens (tertiary/aromatic N) is 1. The zero-order chi connectivity index (χ0) is 21.5. The topological polar surface area (TPSA) is 62.6 Å². The molecule has 0 spiro atoms. The molecule has 0 atom stereocenters. The molecule has 4 rings (SSSR count). The van der Waals surface area contributed by atoms with E-state index in [9.17, 15) is 22.8 Å². The Morgan fingerprint density at radius 2 is 1.73 bits per heavy atom. The normalized spacial score (nSPS) is 15.7. The van der Waals surface area contributed by atoms with Crippen LogP contribution in [-0.4, -0.2) is 11.8 Å². The molecular weight excluding hydrogens is 397 g/mol. The summed E-state index contributed by atoms with van der Waals surface area (Å²) in [5.41, 5.74) is 2.95. The second kappa shape index (κ2) is 7.22. The highest BCUT2D eigenvalue weighted by Crippen LogP contribution is 2.32. The van der Waals surface area contributed by atoms with Crippen LogP contribution in [0.5, 0.6) is 0 Å². The molecule has 5 nitrogen and oxygen atoms in total. The van der Waals surface area contributed by atoms with E-state index >= 15 is 0 Å². The molecule has 0 bridgehead atoms. The summed E-state index contributed by atoms with van der Waals surface area (Å²) in [7, 11) is 0. The smallest absolute Gasteiger partial charge is 0.416 e. The van der Waals surface area contributed by atoms with Gasteiger partial charge in [0.15, 0.2) is 0 Å². The first kappa shape index (κ1) is 19.5. The molecular formula is C22H15F3N2O3. The highest BCUT2D eigenvalue weighted by Gasteiger charge is 2.36. The van der Waals surface area contributed by atoms with E-state index in [1.165, 1.54) is 18.2 Å². The summed E-state index contributed by atoms with van der Waals surface area (Å²) in [5.74, 6) is -0.671. The number of hydrazine groups is 1. The zero-order valence-electron chi connectivity index (χ0n) is 15.7. The van der Waals surface area contributed by atoms with Gasteiger partial charge in [0, 0.05) is 5.56 Å². The first-order valence-corrected chi connectivity index (χ1v) is 8.94. The fourth-order valence-corrected chi connectivity index (χ4v) is 3.01. The van der Waals surface area contributed by atoms with Gasteiger partial charge in [-0.1, -0.05) is 35.9 Å². The lowest BCUT2D eigenvalue weighted by molar-refractivity contribution is -0.137. The number of nitrogens with one attached hydrogen (secondary N) is 1. The molecule has 1 saturated heterocycles. The Morgan fingerprint density at radius 1 is 1.00 bits per heavy atom. The summed E-state index contributed by atoms with van der Waals surface area (Å²) in [4.78, 5) is 24.9. The van der Waals surface area contributed by atoms with Crippen molar-refractivity contribution in [1.29, 1.82) is 0 Å². The average Bonchev–Trinajstić information content (AvgIpc) is 3.28. The van der Waals surface area contributed by atoms with E-state index in [0.29, 0.717) is 5.76 Å². The third-order valence-corrected chi connectivity index (χ3v) is 4.57. The van der Waals surface area contributed by atoms with Crippen molar-refractivity contribution in [3.8, 4) is 11.3 Å². The Bertz CT molecular complexity index is 1160. The SMILES string of the molecule is Cc1ccc(-c2ccc(/C=C3/C(=O)NN(c4cccc(C(F)(F)F)c4)C3=O)o2)cc1. The van der Waals surface area contributed by atoms with Crippen molar-refractivity contribution in [2.75, 3.05) is 5.01 Å². The maximum atomic E-state index is 12.9. The molecule has 1 N–H and O–H groups in total. The number of hydrogen-bond donors (Lipinski definition) is 1. The quantitative estimate of drug-likeness (QED) is 0.500. The predicted octanol–water partition coefficient (Wildman–Crippen LogP) is 4.74. The van der Waals surface area contributed by atoms with E-state index in [1.54, 1.807) is 12.1 Å². The molecule has 30 heavy (non-hydrogen) atoms. The van der Waals surface area contributed by atoms with Crippen LogP contribution in [0.2, 0.25) is 0 Å². The third kappa shape index (κ3) is 3.71. The van der Waals surface area contributed by atoms with E-state index < -0.39 is 23.6 Å². The minimum absolute atomic E-state index is 0.0913. The molecule has 2 aromatic carbocycles. The molecule has 0 saturated carbocycles. The Balaban J connectivity index is 1.61. The third-order valence-electron chi connectivity index (χ3n) is 4.57. The van der Waals surface area contributed by atoms with Crippen LogP contribution in [0.25, 0.3) is 17.4 Å². The van der Waals surface area contributed by atoms with Gasteiger partial charge in [-0.05, 0) is 43.3 Å². The van der Waals surface area contributed by atoms with Crippen LogP contribution in [0.4, 0.5) is 18.9 Å². The number of carbonyl (C=O) groups excluding carboxylic acids is 2. The van der Waals surface area contributed by atoms with Crippen LogP contribution in [-0.2, 0) is 15.8 Å². The molecule has 152 valence electrons. The van der Waals surface area contributed by atoms with Gasteiger partial charge in [0.2, 0.25) is 0 Å². The van der Waals surface area contributed by atoms with Crippen molar-refractivity contribution in [2.24, 2.45) is 0 Å². The van der Waals surface area contributed by atoms with Crippen molar-refractivity contribution in [3.05, 3.63) is 83.1 Å². The number of carbonyl (C=O) groups is 2. The van der Waals surface area contributed by atoms with Gasteiger partial charge >= 0.3 is 6.18 Å². The zero-order valence-corrected chi connectivity index (χ0v) is 15.7. The average molecular weight is 412 g/mol. The Hall–Kier alpha value is -3.81. The van der Waals surface area contributed by atoms with Crippen molar-refractivity contribution >= 4 is 23.6 Å². The van der Waals surface area contributed by atoms with E-state index in [0.717, 1.165) is 28.3 Å². The number of furan rings is 1. The maximum Gasteiger partial charge on any atom is 0.416 e. The molecule has 1 aliphatic rings. The van der Waals surface area contributed by atoms with Crippen molar-refractivity contribution in [2.45, 2.75) is 13.1 Å². The van der Waals surface area contributed by atoms with E-state index in [2.05, 4.69) is 5.43 Å². The minimum Gasteiger partial charge on any atom is -0.457 e. The minimum atomic E-state index is -4.57. The standard InChI is InChI=1S/C22H15F3N2O3/c1-13-5-7-14(8-6-13)19-10-9-17(30-19)12-18-20(28)26-27(21(18)29)16-4-2-3-15(11-16)22(23,24)25/h2-12H,1H3,(H,26,28)/b18-12-. The monoisotopic (exact) mass is 412 g/mol. The van der Waals surface area contributed by atoms with Crippen molar-refractivity contribution in [1.82, 2.24) is 5.43 Å². The van der Waals surface area contributed by atoms with Gasteiger partial charge in [-0.15, -0.1) is 0 Å². The Labute approximate surface area is 169 Å². The Kier molecular flexibility index (Phi) is 4.69. The number of halogens is 3. The molecule has 3 aromatic rings. The van der Waals surface area contributed by atoms with Crippen molar-refractivity contribution in [3.63, 3.8) is 0 Å². The molecule has 0 unspecified atom stereocenters. The highest BCUT2D eigenvalue weighted by molar-refractivity contribution is 6.31. The predicted molar refractivity (Wildman–Crippen MR) is 104 cm³/mol. The number of alkyl halides is 3. The second-order valence-corrected chi connectivity index (χ2v) is 6.76. The van der Waals surface area contributed by atoms with E-state index in [-0.39, 0.29) is 17.0 Å². The number of anilines is 1. The van der Waals surface area contributed by atoms with Gasteiger partial charge in [-0.25, -0.2) is 5.01 Å². The van der Waals surface area contributed by atoms with Gasteiger partial charge in [-0.2, -0.15) is 13.2 Å². The summed E-state index contributed by atoms with van der Waals surface area (Å²) in [5, 5.41) is 0.785. The van der Waals surface area contributed by atoms with Crippen LogP contribution >= 0.6 is 0 Å². The second-order valence-electron chi connectivity index (χ2n) is 6.76. The highest BCUT2D eigenvalue weighted by atomic mass is 19.4. The largest absolute Gasteiger partial charge is 0.457 e. The number of aryl methyl sites for hydroxylation is 1. The summed E-state index contributed by atoms with van der Waals surface area (Å²) >= 11 is 0. The van der Waals surface area contributed by atoms with Gasteiger partial charge in [0.1, 0.15) is 17.1 Å². The Morgan fingerprint density at radius 3 is 2.43 bits per heavy atom. The molecule has 2 heterocycles. The molecule has 1 aliphatic heterocycles. The fraction of sp³-hybridized carbons (Fsp3) is 0.0909. The van der Waals surface area contributed by atoms with Crippen LogP contribution in [0.1, 0.15) is 16.9 Å². The van der Waals surface area contributed by atoms with Gasteiger partial charge in [0.25, 0.3) is 11.8 Å². The number of hydrogen-bond acceptors (Lipinski definition) is 3. The number of amides is 2. The summed E-state index contributed by atoms with van der Waals surface area (Å²) in [6.45, 7) is 1.96.